The van der Waals surface area contributed by atoms with E-state index in [4.69, 9.17) is 14.2 Å². The van der Waals surface area contributed by atoms with Crippen molar-refractivity contribution in [3.63, 3.8) is 0 Å². The third kappa shape index (κ3) is 3.30. The van der Waals surface area contributed by atoms with Crippen LogP contribution in [0.1, 0.15) is 27.2 Å². The summed E-state index contributed by atoms with van der Waals surface area (Å²) in [7, 11) is 1.51. The first-order valence-corrected chi connectivity index (χ1v) is 6.10. The Bertz CT molecular complexity index is 287. The van der Waals surface area contributed by atoms with Crippen LogP contribution in [0.2, 0.25) is 0 Å². The molecule has 1 fully saturated rings. The molecule has 2 N–H and O–H groups in total. The first kappa shape index (κ1) is 15.6. The lowest BCUT2D eigenvalue weighted by molar-refractivity contribution is -0.180. The highest BCUT2D eigenvalue weighted by molar-refractivity contribution is 4.98. The molecule has 1 rings (SSSR count). The summed E-state index contributed by atoms with van der Waals surface area (Å²) >= 11 is 0. The number of methoxy groups -OCH3 is 1. The average molecular weight is 260 g/mol. The van der Waals surface area contributed by atoms with Crippen LogP contribution < -0.4 is 0 Å². The molecular weight excluding hydrogens is 236 g/mol. The van der Waals surface area contributed by atoms with Crippen molar-refractivity contribution in [3.8, 4) is 0 Å². The van der Waals surface area contributed by atoms with Crippen molar-refractivity contribution >= 4 is 0 Å². The molecule has 0 aromatic heterocycles. The predicted octanol–water partition coefficient (Wildman–Crippen LogP) is 0.841. The zero-order chi connectivity index (χ0) is 14.0. The molecule has 0 amide bonds. The fourth-order valence-electron chi connectivity index (χ4n) is 2.41. The maximum Gasteiger partial charge on any atom is 0.164 e. The average Bonchev–Trinajstić information content (AvgIpc) is 2.54. The molecule has 1 aliphatic heterocycles. The largest absolute Gasteiger partial charge is 0.394 e. The van der Waals surface area contributed by atoms with E-state index in [0.717, 1.165) is 0 Å². The van der Waals surface area contributed by atoms with E-state index in [-0.39, 0.29) is 6.61 Å². The fraction of sp³-hybridized carbons (Fsp3) is 0.846. The summed E-state index contributed by atoms with van der Waals surface area (Å²) in [5.41, 5.74) is -1.13. The van der Waals surface area contributed by atoms with Crippen LogP contribution in [-0.4, -0.2) is 53.6 Å². The second-order valence-corrected chi connectivity index (χ2v) is 5.33. The number of hydrogen-bond donors (Lipinski definition) is 2. The lowest BCUT2D eigenvalue weighted by atomic mass is 9.89. The molecule has 1 saturated heterocycles. The Kier molecular flexibility index (Phi) is 4.91. The molecule has 0 spiro atoms. The van der Waals surface area contributed by atoms with Crippen LogP contribution in [0, 0.1) is 0 Å². The Morgan fingerprint density at radius 1 is 1.50 bits per heavy atom. The zero-order valence-corrected chi connectivity index (χ0v) is 11.5. The van der Waals surface area contributed by atoms with Gasteiger partial charge in [-0.3, -0.25) is 0 Å². The molecule has 0 aliphatic carbocycles. The summed E-state index contributed by atoms with van der Waals surface area (Å²) in [6.07, 6.45) is 0.353. The van der Waals surface area contributed by atoms with Gasteiger partial charge in [0.05, 0.1) is 12.2 Å². The van der Waals surface area contributed by atoms with Gasteiger partial charge >= 0.3 is 0 Å². The smallest absolute Gasteiger partial charge is 0.164 e. The van der Waals surface area contributed by atoms with Gasteiger partial charge in [-0.05, 0) is 27.2 Å². The molecule has 0 radical (unpaired) electrons. The van der Waals surface area contributed by atoms with Crippen molar-refractivity contribution in [2.24, 2.45) is 0 Å². The molecule has 1 heterocycles. The Morgan fingerprint density at radius 2 is 2.11 bits per heavy atom. The van der Waals surface area contributed by atoms with Crippen molar-refractivity contribution in [1.29, 1.82) is 0 Å². The molecule has 5 heteroatoms. The van der Waals surface area contributed by atoms with Gasteiger partial charge in [-0.2, -0.15) is 0 Å². The minimum atomic E-state index is -1.13. The van der Waals surface area contributed by atoms with E-state index in [1.807, 2.05) is 0 Å². The second-order valence-electron chi connectivity index (χ2n) is 5.33. The minimum Gasteiger partial charge on any atom is -0.394 e. The number of aliphatic hydroxyl groups excluding tert-OH is 1. The third-order valence-corrected chi connectivity index (χ3v) is 3.12. The van der Waals surface area contributed by atoms with Crippen LogP contribution in [0.5, 0.6) is 0 Å². The predicted molar refractivity (Wildman–Crippen MR) is 67.1 cm³/mol. The Balaban J connectivity index is 2.90. The lowest BCUT2D eigenvalue weighted by Gasteiger charge is -2.35. The number of ether oxygens (including phenoxy) is 3. The van der Waals surface area contributed by atoms with Gasteiger partial charge in [0.25, 0.3) is 0 Å². The van der Waals surface area contributed by atoms with Gasteiger partial charge in [0.1, 0.15) is 18.3 Å². The van der Waals surface area contributed by atoms with E-state index in [9.17, 15) is 10.2 Å². The Labute approximate surface area is 108 Å². The van der Waals surface area contributed by atoms with Gasteiger partial charge in [-0.1, -0.05) is 6.08 Å². The first-order valence-electron chi connectivity index (χ1n) is 6.10. The van der Waals surface area contributed by atoms with Gasteiger partial charge in [-0.25, -0.2) is 0 Å². The number of rotatable bonds is 6. The van der Waals surface area contributed by atoms with Crippen molar-refractivity contribution in [3.05, 3.63) is 12.7 Å². The SMILES string of the molecule is C=CC[C@](C)(O)C(OC)C1OC(C)(C)OC1CO. The second kappa shape index (κ2) is 5.67. The minimum absolute atomic E-state index is 0.182. The van der Waals surface area contributed by atoms with Crippen LogP contribution in [0.15, 0.2) is 12.7 Å². The number of hydrogen-bond acceptors (Lipinski definition) is 5. The molecule has 5 nitrogen and oxygen atoms in total. The summed E-state index contributed by atoms with van der Waals surface area (Å²) in [6, 6.07) is 0. The van der Waals surface area contributed by atoms with Crippen LogP contribution in [0.3, 0.4) is 0 Å². The normalized spacial score (nSPS) is 31.9. The summed E-state index contributed by atoms with van der Waals surface area (Å²) < 4.78 is 16.7. The molecule has 3 unspecified atom stereocenters. The van der Waals surface area contributed by atoms with E-state index in [0.29, 0.717) is 6.42 Å². The van der Waals surface area contributed by atoms with Crippen molar-refractivity contribution in [1.82, 2.24) is 0 Å². The molecule has 0 aromatic carbocycles. The summed E-state index contributed by atoms with van der Waals surface area (Å²) in [5, 5.41) is 19.8. The van der Waals surface area contributed by atoms with Gasteiger partial charge in [-0.15, -0.1) is 6.58 Å². The quantitative estimate of drug-likeness (QED) is 0.693. The lowest BCUT2D eigenvalue weighted by Crippen LogP contribution is -2.52. The van der Waals surface area contributed by atoms with E-state index < -0.39 is 29.7 Å². The molecule has 18 heavy (non-hydrogen) atoms. The van der Waals surface area contributed by atoms with Crippen molar-refractivity contribution in [2.45, 2.75) is 56.9 Å². The topological polar surface area (TPSA) is 68.2 Å². The molecular formula is C13H24O5. The highest BCUT2D eigenvalue weighted by atomic mass is 16.8. The monoisotopic (exact) mass is 260 g/mol. The molecule has 106 valence electrons. The summed E-state index contributed by atoms with van der Waals surface area (Å²) in [6.45, 7) is 8.63. The fourth-order valence-corrected chi connectivity index (χ4v) is 2.41. The summed E-state index contributed by atoms with van der Waals surface area (Å²) in [5.74, 6) is -0.793. The standard InChI is InChI=1S/C13H24O5/c1-6-7-13(4,15)11(16-5)10-9(8-14)17-12(2,3)18-10/h6,9-11,14-15H,1,7-8H2,2-5H3/t9?,10?,11?,13-/m0/s1. The Hall–Kier alpha value is -0.460. The molecule has 0 bridgehead atoms. The van der Waals surface area contributed by atoms with Gasteiger partial charge in [0.15, 0.2) is 5.79 Å². The maximum atomic E-state index is 10.4. The van der Waals surface area contributed by atoms with Crippen molar-refractivity contribution < 1.29 is 24.4 Å². The molecule has 4 atom stereocenters. The highest BCUT2D eigenvalue weighted by Crippen LogP contribution is 2.35. The molecule has 0 aromatic rings. The van der Waals surface area contributed by atoms with E-state index >= 15 is 0 Å². The van der Waals surface area contributed by atoms with Gasteiger partial charge in [0, 0.05) is 7.11 Å². The summed E-state index contributed by atoms with van der Waals surface area (Å²) in [4.78, 5) is 0. The Morgan fingerprint density at radius 3 is 2.56 bits per heavy atom. The van der Waals surface area contributed by atoms with Gasteiger partial charge in [0.2, 0.25) is 0 Å². The van der Waals surface area contributed by atoms with Crippen LogP contribution in [0.4, 0.5) is 0 Å². The van der Waals surface area contributed by atoms with E-state index in [1.54, 1.807) is 26.8 Å². The maximum absolute atomic E-state index is 10.4. The molecule has 1 aliphatic rings. The van der Waals surface area contributed by atoms with E-state index in [1.165, 1.54) is 7.11 Å². The number of aliphatic hydroxyl groups is 2. The first-order chi connectivity index (χ1) is 8.27. The third-order valence-electron chi connectivity index (χ3n) is 3.12. The van der Waals surface area contributed by atoms with Crippen molar-refractivity contribution in [2.75, 3.05) is 13.7 Å². The van der Waals surface area contributed by atoms with Gasteiger partial charge < -0.3 is 24.4 Å². The zero-order valence-electron chi connectivity index (χ0n) is 11.5. The highest BCUT2D eigenvalue weighted by Gasteiger charge is 2.50. The van der Waals surface area contributed by atoms with Crippen LogP contribution in [-0.2, 0) is 14.2 Å². The van der Waals surface area contributed by atoms with Crippen LogP contribution in [0.25, 0.3) is 0 Å². The van der Waals surface area contributed by atoms with Crippen LogP contribution >= 0.6 is 0 Å². The van der Waals surface area contributed by atoms with E-state index in [2.05, 4.69) is 6.58 Å². The molecule has 0 saturated carbocycles.